The van der Waals surface area contributed by atoms with Crippen molar-refractivity contribution in [3.05, 3.63) is 29.8 Å². The van der Waals surface area contributed by atoms with E-state index in [4.69, 9.17) is 9.84 Å². The molecule has 112 valence electrons. The van der Waals surface area contributed by atoms with Crippen LogP contribution < -0.4 is 10.1 Å². The fourth-order valence-corrected chi connectivity index (χ4v) is 1.79. The first kappa shape index (κ1) is 16.5. The maximum absolute atomic E-state index is 11.7. The average Bonchev–Trinajstić information content (AvgIpc) is 2.39. The number of aliphatic hydroxyl groups excluding tert-OH is 1. The third-order valence-electron chi connectivity index (χ3n) is 3.23. The molecule has 0 radical (unpaired) electrons. The molecule has 0 spiro atoms. The van der Waals surface area contributed by atoms with E-state index < -0.39 is 0 Å². The molecule has 0 heterocycles. The largest absolute Gasteiger partial charge is 0.493 e. The van der Waals surface area contributed by atoms with Gasteiger partial charge in [0.2, 0.25) is 5.91 Å². The van der Waals surface area contributed by atoms with E-state index in [2.05, 4.69) is 5.32 Å². The number of hydrogen-bond acceptors (Lipinski definition) is 3. The molecular weight excluding hydrogens is 254 g/mol. The molecule has 0 aromatic heterocycles. The van der Waals surface area contributed by atoms with Gasteiger partial charge in [0, 0.05) is 13.2 Å². The molecule has 4 nitrogen and oxygen atoms in total. The van der Waals surface area contributed by atoms with Gasteiger partial charge >= 0.3 is 0 Å². The van der Waals surface area contributed by atoms with E-state index in [-0.39, 0.29) is 17.9 Å². The molecule has 0 saturated carbocycles. The molecule has 0 saturated heterocycles. The molecule has 0 bridgehead atoms. The Morgan fingerprint density at radius 3 is 2.70 bits per heavy atom. The monoisotopic (exact) mass is 279 g/mol. The summed E-state index contributed by atoms with van der Waals surface area (Å²) in [6, 6.07) is 7.75. The summed E-state index contributed by atoms with van der Waals surface area (Å²) in [5, 5.41) is 11.8. The Morgan fingerprint density at radius 2 is 2.05 bits per heavy atom. The number of aryl methyl sites for hydroxylation is 1. The lowest BCUT2D eigenvalue weighted by atomic mass is 9.90. The molecule has 1 aromatic rings. The van der Waals surface area contributed by atoms with Crippen LogP contribution in [-0.4, -0.2) is 30.8 Å². The van der Waals surface area contributed by atoms with E-state index in [1.165, 1.54) is 0 Å². The molecule has 0 atom stereocenters. The van der Waals surface area contributed by atoms with Gasteiger partial charge in [-0.2, -0.15) is 0 Å². The third-order valence-corrected chi connectivity index (χ3v) is 3.23. The number of carbonyl (C=O) groups excluding carboxylic acids is 1. The van der Waals surface area contributed by atoms with Crippen molar-refractivity contribution in [1.82, 2.24) is 5.32 Å². The Morgan fingerprint density at radius 1 is 1.35 bits per heavy atom. The standard InChI is InChI=1S/C16H25NO3/c1-13-6-4-5-7-14(13)20-11-8-15(19)17-12-16(2,3)9-10-18/h4-7,18H,8-12H2,1-3H3,(H,17,19). The Balaban J connectivity index is 2.26. The summed E-state index contributed by atoms with van der Waals surface area (Å²) in [6.45, 7) is 7.10. The maximum Gasteiger partial charge on any atom is 0.223 e. The van der Waals surface area contributed by atoms with Crippen LogP contribution in [0.4, 0.5) is 0 Å². The summed E-state index contributed by atoms with van der Waals surface area (Å²) in [5.41, 5.74) is 0.985. The van der Waals surface area contributed by atoms with Crippen LogP contribution in [0.25, 0.3) is 0 Å². The number of rotatable bonds is 8. The quantitative estimate of drug-likeness (QED) is 0.767. The minimum absolute atomic E-state index is 0.0235. The number of hydrogen-bond donors (Lipinski definition) is 2. The lowest BCUT2D eigenvalue weighted by molar-refractivity contribution is -0.122. The second-order valence-corrected chi connectivity index (χ2v) is 5.78. The van der Waals surface area contributed by atoms with Crippen molar-refractivity contribution in [2.75, 3.05) is 19.8 Å². The van der Waals surface area contributed by atoms with Gasteiger partial charge < -0.3 is 15.2 Å². The van der Waals surface area contributed by atoms with Gasteiger partial charge in [-0.25, -0.2) is 0 Å². The fourth-order valence-electron chi connectivity index (χ4n) is 1.79. The zero-order valence-corrected chi connectivity index (χ0v) is 12.6. The lowest BCUT2D eigenvalue weighted by Gasteiger charge is -2.23. The summed E-state index contributed by atoms with van der Waals surface area (Å²) >= 11 is 0. The second kappa shape index (κ2) is 7.90. The molecule has 4 heteroatoms. The van der Waals surface area contributed by atoms with Crippen molar-refractivity contribution in [3.8, 4) is 5.75 Å². The van der Waals surface area contributed by atoms with Crippen molar-refractivity contribution in [1.29, 1.82) is 0 Å². The van der Waals surface area contributed by atoms with Crippen molar-refractivity contribution in [2.45, 2.75) is 33.6 Å². The predicted octanol–water partition coefficient (Wildman–Crippen LogP) is 2.29. The van der Waals surface area contributed by atoms with Crippen LogP contribution >= 0.6 is 0 Å². The number of benzene rings is 1. The highest BCUT2D eigenvalue weighted by molar-refractivity contribution is 5.76. The minimum Gasteiger partial charge on any atom is -0.493 e. The van der Waals surface area contributed by atoms with E-state index in [1.807, 2.05) is 45.0 Å². The molecule has 2 N–H and O–H groups in total. The van der Waals surface area contributed by atoms with Gasteiger partial charge in [-0.1, -0.05) is 32.0 Å². The number of aliphatic hydroxyl groups is 1. The van der Waals surface area contributed by atoms with Crippen molar-refractivity contribution < 1.29 is 14.6 Å². The van der Waals surface area contributed by atoms with Crippen LogP contribution in [-0.2, 0) is 4.79 Å². The average molecular weight is 279 g/mol. The van der Waals surface area contributed by atoms with E-state index in [0.717, 1.165) is 11.3 Å². The summed E-state index contributed by atoms with van der Waals surface area (Å²) in [7, 11) is 0. The van der Waals surface area contributed by atoms with Crippen LogP contribution in [0.5, 0.6) is 5.75 Å². The van der Waals surface area contributed by atoms with Crippen LogP contribution in [0.2, 0.25) is 0 Å². The van der Waals surface area contributed by atoms with E-state index in [1.54, 1.807) is 0 Å². The summed E-state index contributed by atoms with van der Waals surface area (Å²) in [6.07, 6.45) is 1.01. The molecule has 1 aromatic carbocycles. The first-order chi connectivity index (χ1) is 9.44. The topological polar surface area (TPSA) is 58.6 Å². The van der Waals surface area contributed by atoms with E-state index in [0.29, 0.717) is 26.0 Å². The third kappa shape index (κ3) is 6.06. The zero-order chi connectivity index (χ0) is 15.0. The normalized spacial score (nSPS) is 11.2. The number of ether oxygens (including phenoxy) is 1. The van der Waals surface area contributed by atoms with Crippen molar-refractivity contribution in [2.24, 2.45) is 5.41 Å². The molecule has 0 fully saturated rings. The highest BCUT2D eigenvalue weighted by Gasteiger charge is 2.17. The van der Waals surface area contributed by atoms with Gasteiger partial charge in [0.1, 0.15) is 5.75 Å². The SMILES string of the molecule is Cc1ccccc1OCCC(=O)NCC(C)(C)CCO. The van der Waals surface area contributed by atoms with Gasteiger partial charge in [0.25, 0.3) is 0 Å². The Kier molecular flexibility index (Phi) is 6.52. The molecule has 20 heavy (non-hydrogen) atoms. The van der Waals surface area contributed by atoms with Crippen LogP contribution in [0.3, 0.4) is 0 Å². The molecule has 1 rings (SSSR count). The molecule has 0 aliphatic heterocycles. The van der Waals surface area contributed by atoms with Crippen LogP contribution in [0, 0.1) is 12.3 Å². The summed E-state index contributed by atoms with van der Waals surface area (Å²) in [4.78, 5) is 11.7. The maximum atomic E-state index is 11.7. The minimum atomic E-state index is -0.0821. The smallest absolute Gasteiger partial charge is 0.223 e. The highest BCUT2D eigenvalue weighted by atomic mass is 16.5. The van der Waals surface area contributed by atoms with Gasteiger partial charge in [-0.05, 0) is 30.4 Å². The Hall–Kier alpha value is -1.55. The Bertz CT molecular complexity index is 429. The molecule has 0 aliphatic carbocycles. The molecule has 0 aliphatic rings. The molecule has 0 unspecified atom stereocenters. The number of carbonyl (C=O) groups is 1. The summed E-state index contributed by atoms with van der Waals surface area (Å²) < 4.78 is 5.59. The summed E-state index contributed by atoms with van der Waals surface area (Å²) in [5.74, 6) is 0.797. The number of nitrogens with one attached hydrogen (secondary N) is 1. The van der Waals surface area contributed by atoms with Gasteiger partial charge in [-0.3, -0.25) is 4.79 Å². The Labute approximate surface area is 121 Å². The van der Waals surface area contributed by atoms with Crippen LogP contribution in [0.15, 0.2) is 24.3 Å². The van der Waals surface area contributed by atoms with Crippen molar-refractivity contribution in [3.63, 3.8) is 0 Å². The molecular formula is C16H25NO3. The van der Waals surface area contributed by atoms with Gasteiger partial charge in [0.05, 0.1) is 13.0 Å². The number of para-hydroxylation sites is 1. The van der Waals surface area contributed by atoms with E-state index >= 15 is 0 Å². The lowest BCUT2D eigenvalue weighted by Crippen LogP contribution is -2.35. The first-order valence-electron chi connectivity index (χ1n) is 7.00. The van der Waals surface area contributed by atoms with Crippen molar-refractivity contribution >= 4 is 5.91 Å². The number of amides is 1. The van der Waals surface area contributed by atoms with Gasteiger partial charge in [0.15, 0.2) is 0 Å². The second-order valence-electron chi connectivity index (χ2n) is 5.78. The zero-order valence-electron chi connectivity index (χ0n) is 12.6. The van der Waals surface area contributed by atoms with Crippen LogP contribution in [0.1, 0.15) is 32.3 Å². The first-order valence-corrected chi connectivity index (χ1v) is 7.00. The van der Waals surface area contributed by atoms with E-state index in [9.17, 15) is 4.79 Å². The predicted molar refractivity (Wildman–Crippen MR) is 79.8 cm³/mol. The fraction of sp³-hybridized carbons (Fsp3) is 0.562. The highest BCUT2D eigenvalue weighted by Crippen LogP contribution is 2.18. The molecule has 1 amide bonds. The van der Waals surface area contributed by atoms with Gasteiger partial charge in [-0.15, -0.1) is 0 Å².